The molecule has 0 bridgehead atoms. The molecule has 2 N–H and O–H groups in total. The largest absolute Gasteiger partial charge is 0.570 e. The molecule has 168 valence electrons. The van der Waals surface area contributed by atoms with Gasteiger partial charge in [-0.1, -0.05) is 54.2 Å². The van der Waals surface area contributed by atoms with Gasteiger partial charge < -0.3 is 14.9 Å². The second kappa shape index (κ2) is 10.9. The number of sulfonamides is 1. The van der Waals surface area contributed by atoms with E-state index in [4.69, 9.17) is 0 Å². The molecule has 32 heavy (non-hydrogen) atoms. The van der Waals surface area contributed by atoms with Gasteiger partial charge in [0, 0.05) is 24.1 Å². The van der Waals surface area contributed by atoms with Crippen molar-refractivity contribution in [2.24, 2.45) is 0 Å². The molecule has 0 aliphatic carbocycles. The van der Waals surface area contributed by atoms with Crippen molar-refractivity contribution < 1.29 is 22.5 Å². The normalized spacial score (nSPS) is 12.2. The van der Waals surface area contributed by atoms with Gasteiger partial charge in [-0.15, -0.1) is 0 Å². The fourth-order valence-corrected chi connectivity index (χ4v) is 4.21. The predicted molar refractivity (Wildman–Crippen MR) is 122 cm³/mol. The monoisotopic (exact) mass is 455 g/mol. The van der Waals surface area contributed by atoms with Gasteiger partial charge in [0.05, 0.1) is 18.5 Å². The van der Waals surface area contributed by atoms with Gasteiger partial charge in [0.15, 0.2) is 0 Å². The molecule has 0 aliphatic heterocycles. The van der Waals surface area contributed by atoms with E-state index in [1.165, 1.54) is 52.9 Å². The topological polar surface area (TPSA) is 81.8 Å². The number of hydrogen-bond donors (Lipinski definition) is 2. The van der Waals surface area contributed by atoms with E-state index in [0.717, 1.165) is 25.6 Å². The highest BCUT2D eigenvalue weighted by Gasteiger charge is 2.10. The van der Waals surface area contributed by atoms with E-state index in [1.807, 2.05) is 18.2 Å². The lowest BCUT2D eigenvalue weighted by Crippen LogP contribution is -3.07. The van der Waals surface area contributed by atoms with E-state index < -0.39 is 15.8 Å². The van der Waals surface area contributed by atoms with Crippen molar-refractivity contribution >= 4 is 21.6 Å². The number of quaternary nitrogens is 1. The molecule has 3 rings (SSSR count). The Morgan fingerprint density at radius 3 is 2.31 bits per heavy atom. The second-order valence-corrected chi connectivity index (χ2v) is 9.13. The van der Waals surface area contributed by atoms with Gasteiger partial charge in [-0.05, 0) is 30.3 Å². The Hall–Kier alpha value is -3.23. The summed E-state index contributed by atoms with van der Waals surface area (Å²) in [6.45, 7) is 2.35. The Kier molecular flexibility index (Phi) is 7.97. The van der Waals surface area contributed by atoms with E-state index in [0.29, 0.717) is 12.1 Å². The van der Waals surface area contributed by atoms with Crippen LogP contribution in [-0.2, 0) is 16.6 Å². The Labute approximate surface area is 188 Å². The van der Waals surface area contributed by atoms with Crippen molar-refractivity contribution in [3.8, 4) is 0 Å². The van der Waals surface area contributed by atoms with E-state index in [-0.39, 0.29) is 16.5 Å². The molecule has 8 heteroatoms. The Bertz CT molecular complexity index is 1140. The number of benzene rings is 3. The van der Waals surface area contributed by atoms with Crippen molar-refractivity contribution in [2.75, 3.05) is 20.1 Å². The summed E-state index contributed by atoms with van der Waals surface area (Å²) in [5, 5.41) is 2.85. The molecular weight excluding hydrogens is 429 g/mol. The van der Waals surface area contributed by atoms with E-state index in [1.54, 1.807) is 0 Å². The van der Waals surface area contributed by atoms with Crippen molar-refractivity contribution in [1.29, 1.82) is 0 Å². The number of rotatable bonds is 10. The zero-order valence-corrected chi connectivity index (χ0v) is 18.6. The van der Waals surface area contributed by atoms with Gasteiger partial charge in [0.1, 0.15) is 22.4 Å². The van der Waals surface area contributed by atoms with Crippen LogP contribution in [-0.4, -0.2) is 34.5 Å². The molecule has 0 aromatic heterocycles. The molecule has 0 saturated heterocycles. The fraction of sp³-hybridized carbons (Fsp3) is 0.208. The maximum absolute atomic E-state index is 13.7. The van der Waals surface area contributed by atoms with E-state index in [9.17, 15) is 17.6 Å². The highest BCUT2D eigenvalue weighted by Crippen LogP contribution is 2.29. The van der Waals surface area contributed by atoms with Gasteiger partial charge in [0.25, 0.3) is 5.91 Å². The second-order valence-electron chi connectivity index (χ2n) is 7.52. The summed E-state index contributed by atoms with van der Waals surface area (Å²) >= 11 is 0. The molecule has 0 fully saturated rings. The fourth-order valence-electron chi connectivity index (χ4n) is 3.21. The number of amides is 1. The molecule has 0 saturated carbocycles. The van der Waals surface area contributed by atoms with Crippen molar-refractivity contribution in [1.82, 2.24) is 5.32 Å². The first-order valence-electron chi connectivity index (χ1n) is 10.3. The smallest absolute Gasteiger partial charge is 0.251 e. The Balaban J connectivity index is 1.48. The van der Waals surface area contributed by atoms with E-state index >= 15 is 0 Å². The van der Waals surface area contributed by atoms with Crippen LogP contribution in [0.25, 0.3) is 4.72 Å². The quantitative estimate of drug-likeness (QED) is 0.461. The summed E-state index contributed by atoms with van der Waals surface area (Å²) in [7, 11) is -1.97. The van der Waals surface area contributed by atoms with Crippen LogP contribution in [0.4, 0.5) is 10.1 Å². The Morgan fingerprint density at radius 1 is 0.969 bits per heavy atom. The lowest BCUT2D eigenvalue weighted by Gasteiger charge is -2.22. The van der Waals surface area contributed by atoms with Gasteiger partial charge in [0.2, 0.25) is 0 Å². The van der Waals surface area contributed by atoms with Crippen molar-refractivity contribution in [3.63, 3.8) is 0 Å². The van der Waals surface area contributed by atoms with Gasteiger partial charge in [-0.2, -0.15) is 0 Å². The highest BCUT2D eigenvalue weighted by atomic mass is 32.2. The first kappa shape index (κ1) is 23.4. The first-order chi connectivity index (χ1) is 15.3. The molecule has 3 aromatic rings. The molecule has 0 radical (unpaired) electrons. The van der Waals surface area contributed by atoms with Crippen LogP contribution in [0.5, 0.6) is 0 Å². The number of nitrogens with zero attached hydrogens (tertiary/aromatic N) is 1. The molecule has 0 spiro atoms. The maximum atomic E-state index is 13.7. The van der Waals surface area contributed by atoms with Crippen molar-refractivity contribution in [2.45, 2.75) is 17.9 Å². The van der Waals surface area contributed by atoms with Crippen molar-refractivity contribution in [3.05, 3.63) is 101 Å². The molecule has 1 unspecified atom stereocenters. The minimum absolute atomic E-state index is 0.108. The third-order valence-electron chi connectivity index (χ3n) is 4.90. The third-order valence-corrected chi connectivity index (χ3v) is 6.20. The molecule has 3 aromatic carbocycles. The van der Waals surface area contributed by atoms with Crippen LogP contribution in [0.3, 0.4) is 0 Å². The minimum Gasteiger partial charge on any atom is -0.570 e. The minimum atomic E-state index is -4.08. The predicted octanol–water partition coefficient (Wildman–Crippen LogP) is 3.05. The number of carbonyl (C=O) groups excluding carboxylic acids is 1. The summed E-state index contributed by atoms with van der Waals surface area (Å²) in [5.74, 6) is -0.996. The van der Waals surface area contributed by atoms with Crippen LogP contribution in [0.15, 0.2) is 83.8 Å². The number of nitrogens with one attached hydrogen (secondary N) is 2. The third kappa shape index (κ3) is 6.63. The lowest BCUT2D eigenvalue weighted by molar-refractivity contribution is -0.893. The summed E-state index contributed by atoms with van der Waals surface area (Å²) in [4.78, 5) is 13.6. The SMILES string of the molecule is C[NH+](CCCNC(=O)c1ccc(S(=O)(=O)[N-]c2ccccc2F)cc1)Cc1ccccc1. The van der Waals surface area contributed by atoms with Gasteiger partial charge >= 0.3 is 0 Å². The standard InChI is InChI=1S/C24H25FN3O3S/c1-28(18-19-8-3-2-4-9-19)17-7-16-26-24(29)20-12-14-21(15-13-20)32(30,31)27-23-11-6-5-10-22(23)25/h2-6,8-15H,7,16-18H2,1H3,(H,26,29)/q-1/p+1. The average molecular weight is 456 g/mol. The molecule has 1 amide bonds. The molecule has 0 aliphatic rings. The summed E-state index contributed by atoms with van der Waals surface area (Å²) in [5.41, 5.74) is 1.36. The molecule has 0 heterocycles. The maximum Gasteiger partial charge on any atom is 0.251 e. The van der Waals surface area contributed by atoms with Crippen LogP contribution >= 0.6 is 0 Å². The zero-order chi connectivity index (χ0) is 23.0. The van der Waals surface area contributed by atoms with E-state index in [2.05, 4.69) is 29.2 Å². The molecule has 1 atom stereocenters. The summed E-state index contributed by atoms with van der Waals surface area (Å²) < 4.78 is 42.0. The molecular formula is C24H26FN3O3S. The van der Waals surface area contributed by atoms with Crippen LogP contribution in [0, 0.1) is 5.82 Å². The summed E-state index contributed by atoms with van der Waals surface area (Å²) in [6.07, 6.45) is 0.818. The Morgan fingerprint density at radius 2 is 1.62 bits per heavy atom. The number of hydrogen-bond acceptors (Lipinski definition) is 3. The number of carbonyl (C=O) groups is 1. The highest BCUT2D eigenvalue weighted by molar-refractivity contribution is 7.94. The zero-order valence-electron chi connectivity index (χ0n) is 17.8. The molecule has 6 nitrogen and oxygen atoms in total. The summed E-state index contributed by atoms with van der Waals surface area (Å²) in [6, 6.07) is 21.1. The first-order valence-corrected chi connectivity index (χ1v) is 11.8. The van der Waals surface area contributed by atoms with Gasteiger partial charge in [-0.25, -0.2) is 12.8 Å². The van der Waals surface area contributed by atoms with Crippen LogP contribution in [0.1, 0.15) is 22.3 Å². The lowest BCUT2D eigenvalue weighted by atomic mass is 10.2. The van der Waals surface area contributed by atoms with Crippen LogP contribution < -0.4 is 10.2 Å². The van der Waals surface area contributed by atoms with Crippen LogP contribution in [0.2, 0.25) is 0 Å². The van der Waals surface area contributed by atoms with Gasteiger partial charge in [-0.3, -0.25) is 4.79 Å². The number of halogens is 1. The average Bonchev–Trinajstić information content (AvgIpc) is 2.79.